The topological polar surface area (TPSA) is 177 Å². The number of methoxy groups -OCH3 is 1. The molecular weight excluding hydrogens is 541 g/mol. The molecule has 1 aliphatic heterocycles. The molecule has 5 atom stereocenters. The normalized spacial score (nSPS) is 25.4. The van der Waals surface area contributed by atoms with Crippen molar-refractivity contribution < 1.29 is 33.5 Å². The number of likely N-dealkylation sites (tertiary alicyclic amines) is 1. The number of nitrogens with two attached hydrogens (primary N) is 1. The number of nitrogens with one attached hydrogen (secondary N) is 3. The number of halogens is 2. The van der Waals surface area contributed by atoms with Crippen LogP contribution in [0.2, 0.25) is 0 Å². The molecule has 1 saturated heterocycles. The summed E-state index contributed by atoms with van der Waals surface area (Å²) in [5.74, 6) is -5.22. The summed E-state index contributed by atoms with van der Waals surface area (Å²) in [6.45, 7) is 8.14. The van der Waals surface area contributed by atoms with Crippen molar-refractivity contribution in [2.75, 3.05) is 13.7 Å². The number of hydrogen-bond acceptors (Lipinski definition) is 7. The van der Waals surface area contributed by atoms with Gasteiger partial charge >= 0.3 is 12.0 Å². The van der Waals surface area contributed by atoms with Gasteiger partial charge in [0.1, 0.15) is 28.0 Å². The van der Waals surface area contributed by atoms with E-state index in [1.165, 1.54) is 25.9 Å². The third-order valence-electron chi connectivity index (χ3n) is 7.31. The molecule has 3 fully saturated rings. The number of carbonyl (C=O) groups excluding carboxylic acids is 6. The minimum Gasteiger partial charge on any atom is -0.467 e. The van der Waals surface area contributed by atoms with Gasteiger partial charge in [0.2, 0.25) is 17.6 Å². The first-order valence-electron chi connectivity index (χ1n) is 12.3. The van der Waals surface area contributed by atoms with Crippen molar-refractivity contribution in [2.24, 2.45) is 28.9 Å². The molecule has 2 saturated carbocycles. The van der Waals surface area contributed by atoms with E-state index in [0.717, 1.165) is 0 Å². The van der Waals surface area contributed by atoms with Gasteiger partial charge in [-0.2, -0.15) is 0 Å². The summed E-state index contributed by atoms with van der Waals surface area (Å²) in [6, 6.07) is -4.14. The molecule has 5 amide bonds. The van der Waals surface area contributed by atoms with Gasteiger partial charge in [0.15, 0.2) is 0 Å². The summed E-state index contributed by atoms with van der Waals surface area (Å²) in [4.78, 5) is 77.3. The zero-order valence-corrected chi connectivity index (χ0v) is 23.7. The van der Waals surface area contributed by atoms with E-state index < -0.39 is 80.8 Å². The van der Waals surface area contributed by atoms with Crippen LogP contribution >= 0.6 is 23.2 Å². The van der Waals surface area contributed by atoms with Crippen molar-refractivity contribution in [1.82, 2.24) is 20.9 Å². The van der Waals surface area contributed by atoms with Gasteiger partial charge in [0, 0.05) is 18.4 Å². The summed E-state index contributed by atoms with van der Waals surface area (Å²) < 4.78 is 3.46. The maximum absolute atomic E-state index is 13.8. The monoisotopic (exact) mass is 575 g/mol. The molecule has 12 nitrogen and oxygen atoms in total. The number of piperidine rings is 1. The van der Waals surface area contributed by atoms with Crippen LogP contribution in [0.1, 0.15) is 47.5 Å². The molecule has 0 radical (unpaired) electrons. The third kappa shape index (κ3) is 5.85. The molecule has 3 rings (SSSR count). The minimum absolute atomic E-state index is 0.0516. The van der Waals surface area contributed by atoms with Gasteiger partial charge in [0.25, 0.3) is 5.91 Å². The van der Waals surface area contributed by atoms with Crippen LogP contribution in [0.3, 0.4) is 0 Å². The molecule has 0 spiro atoms. The van der Waals surface area contributed by atoms with Crippen molar-refractivity contribution in [3.8, 4) is 0 Å². The molecule has 0 aromatic carbocycles. The van der Waals surface area contributed by atoms with E-state index in [0.29, 0.717) is 12.8 Å². The fourth-order valence-corrected chi connectivity index (χ4v) is 5.75. The van der Waals surface area contributed by atoms with E-state index in [1.807, 2.05) is 0 Å². The standard InChI is InChI=1S/C24H35Cl2N5O7/c1-22(2,3)16(29-21(37)30-23(4,5)20(36)38-6)19(35)31-9-11-12(24(11,25)26)14(31)18(34)28-13(10-7-8-10)15(32)17(27)33/h10-14,16H,7-9H2,1-6H3,(H2,27,33)(H,28,34)(H2,29,30,37)/t11-,12-,13?,14-,16+/m0/s1. The van der Waals surface area contributed by atoms with Crippen molar-refractivity contribution in [1.29, 1.82) is 0 Å². The lowest BCUT2D eigenvalue weighted by molar-refractivity contribution is -0.146. The highest BCUT2D eigenvalue weighted by molar-refractivity contribution is 6.51. The number of ether oxygens (including phenoxy) is 1. The zero-order valence-electron chi connectivity index (χ0n) is 22.2. The lowest BCUT2D eigenvalue weighted by atomic mass is 9.85. The van der Waals surface area contributed by atoms with Crippen LogP contribution in [-0.4, -0.2) is 82.1 Å². The van der Waals surface area contributed by atoms with Gasteiger partial charge in [-0.1, -0.05) is 20.8 Å². The van der Waals surface area contributed by atoms with Crippen LogP contribution in [0.15, 0.2) is 0 Å². The summed E-state index contributed by atoms with van der Waals surface area (Å²) in [6.07, 6.45) is 1.29. The summed E-state index contributed by atoms with van der Waals surface area (Å²) in [5, 5.41) is 7.71. The minimum atomic E-state index is -1.37. The van der Waals surface area contributed by atoms with E-state index in [2.05, 4.69) is 16.0 Å². The van der Waals surface area contributed by atoms with Gasteiger partial charge in [-0.15, -0.1) is 23.2 Å². The van der Waals surface area contributed by atoms with E-state index in [4.69, 9.17) is 33.7 Å². The van der Waals surface area contributed by atoms with Crippen LogP contribution in [0.4, 0.5) is 4.79 Å². The average molecular weight is 576 g/mol. The number of fused-ring (bicyclic) bond motifs is 1. The van der Waals surface area contributed by atoms with Gasteiger partial charge < -0.3 is 31.3 Å². The Kier molecular flexibility index (Phi) is 8.02. The van der Waals surface area contributed by atoms with Crippen molar-refractivity contribution >= 4 is 58.7 Å². The van der Waals surface area contributed by atoms with Crippen molar-refractivity contribution in [3.05, 3.63) is 0 Å². The Morgan fingerprint density at radius 3 is 2.08 bits per heavy atom. The van der Waals surface area contributed by atoms with Crippen LogP contribution in [0, 0.1) is 23.2 Å². The predicted octanol–water partition coefficient (Wildman–Crippen LogP) is 0.232. The van der Waals surface area contributed by atoms with Crippen LogP contribution in [-0.2, 0) is 28.7 Å². The number of urea groups is 1. The molecule has 38 heavy (non-hydrogen) atoms. The Balaban J connectivity index is 1.83. The van der Waals surface area contributed by atoms with Crippen LogP contribution in [0.5, 0.6) is 0 Å². The maximum atomic E-state index is 13.8. The number of rotatable bonds is 9. The predicted molar refractivity (Wildman–Crippen MR) is 137 cm³/mol. The molecule has 1 unspecified atom stereocenters. The SMILES string of the molecule is COC(=O)C(C)(C)NC(=O)N[C@H](C(=O)N1C[C@H]2[C@@H]([C@H]1C(=O)NC(C(=O)C(N)=O)C1CC1)C2(Cl)Cl)C(C)(C)C. The number of esters is 1. The molecule has 14 heteroatoms. The number of hydrogen-bond donors (Lipinski definition) is 4. The molecule has 212 valence electrons. The molecule has 0 aromatic heterocycles. The quantitative estimate of drug-likeness (QED) is 0.173. The molecule has 0 bridgehead atoms. The Bertz CT molecular complexity index is 1050. The van der Waals surface area contributed by atoms with Crippen LogP contribution in [0.25, 0.3) is 0 Å². The second kappa shape index (κ2) is 10.2. The lowest BCUT2D eigenvalue weighted by Crippen LogP contribution is -2.63. The first kappa shape index (κ1) is 29.9. The smallest absolute Gasteiger partial charge is 0.331 e. The molecule has 5 N–H and O–H groups in total. The largest absolute Gasteiger partial charge is 0.467 e. The second-order valence-corrected chi connectivity index (χ2v) is 13.3. The van der Waals surface area contributed by atoms with E-state index in [1.54, 1.807) is 20.8 Å². The van der Waals surface area contributed by atoms with E-state index in [9.17, 15) is 28.8 Å². The molecule has 0 aromatic rings. The number of amides is 5. The Hall–Kier alpha value is -2.60. The Morgan fingerprint density at radius 1 is 1.03 bits per heavy atom. The average Bonchev–Trinajstić information content (AvgIpc) is 3.67. The van der Waals surface area contributed by atoms with E-state index >= 15 is 0 Å². The summed E-state index contributed by atoms with van der Waals surface area (Å²) in [7, 11) is 1.19. The Labute approximate surface area is 231 Å². The van der Waals surface area contributed by atoms with Gasteiger partial charge in [-0.05, 0) is 38.0 Å². The Morgan fingerprint density at radius 2 is 1.61 bits per heavy atom. The van der Waals surface area contributed by atoms with Gasteiger partial charge in [-0.25, -0.2) is 9.59 Å². The van der Waals surface area contributed by atoms with Crippen molar-refractivity contribution in [3.63, 3.8) is 0 Å². The summed E-state index contributed by atoms with van der Waals surface area (Å²) in [5.41, 5.74) is 2.99. The highest BCUT2D eigenvalue weighted by Crippen LogP contribution is 2.65. The molecule has 3 aliphatic rings. The van der Waals surface area contributed by atoms with Gasteiger partial charge in [0.05, 0.1) is 7.11 Å². The zero-order chi connectivity index (χ0) is 29.0. The number of carbonyl (C=O) groups is 6. The number of nitrogens with zero attached hydrogens (tertiary/aromatic N) is 1. The molecule has 2 aliphatic carbocycles. The third-order valence-corrected chi connectivity index (χ3v) is 8.38. The number of Topliss-reactive ketones (excluding diaryl/α,β-unsaturated/α-hetero) is 1. The molecule has 1 heterocycles. The maximum Gasteiger partial charge on any atom is 0.331 e. The summed E-state index contributed by atoms with van der Waals surface area (Å²) >= 11 is 12.8. The number of primary amides is 1. The molecular formula is C24H35Cl2N5O7. The highest BCUT2D eigenvalue weighted by Gasteiger charge is 2.74. The van der Waals surface area contributed by atoms with Crippen molar-refractivity contribution in [2.45, 2.75) is 75.5 Å². The highest BCUT2D eigenvalue weighted by atomic mass is 35.5. The van der Waals surface area contributed by atoms with Crippen LogP contribution < -0.4 is 21.7 Å². The van der Waals surface area contributed by atoms with E-state index in [-0.39, 0.29) is 12.5 Å². The van der Waals surface area contributed by atoms with Gasteiger partial charge in [-0.3, -0.25) is 19.2 Å². The lowest BCUT2D eigenvalue weighted by Gasteiger charge is -2.38. The fraction of sp³-hybridized carbons (Fsp3) is 0.750. The number of alkyl halides is 2. The number of ketones is 1. The first-order valence-corrected chi connectivity index (χ1v) is 13.1. The first-order chi connectivity index (χ1) is 17.3. The fourth-order valence-electron chi connectivity index (χ4n) is 4.92. The second-order valence-electron chi connectivity index (χ2n) is 11.8.